The minimum Gasteiger partial charge on any atom is -0.504 e. The number of benzene rings is 2. The lowest BCUT2D eigenvalue weighted by molar-refractivity contribution is -0.136. The summed E-state index contributed by atoms with van der Waals surface area (Å²) in [5.41, 5.74) is 3.61. The molecule has 2 rings (SSSR count). The number of aromatic hydroxyl groups is 1. The van der Waals surface area contributed by atoms with Crippen LogP contribution in [0.15, 0.2) is 47.6 Å². The van der Waals surface area contributed by atoms with E-state index in [9.17, 15) is 14.7 Å². The third-order valence-electron chi connectivity index (χ3n) is 3.32. The summed E-state index contributed by atoms with van der Waals surface area (Å²) in [6.07, 6.45) is 1.46. The van der Waals surface area contributed by atoms with E-state index >= 15 is 0 Å². The van der Waals surface area contributed by atoms with Gasteiger partial charge in [0.05, 0.1) is 25.8 Å². The molecule has 0 radical (unpaired) electrons. The van der Waals surface area contributed by atoms with Gasteiger partial charge in [0, 0.05) is 11.3 Å². The summed E-state index contributed by atoms with van der Waals surface area (Å²) in [6, 6.07) is 13.3. The Morgan fingerprint density at radius 1 is 1.23 bits per heavy atom. The molecule has 0 aliphatic rings. The highest BCUT2D eigenvalue weighted by atomic mass is 16.5. The SMILES string of the molecule is COc1cccc(C=NNC(=O)C(=O)Nc2ccc(CC#N)cc2)c1O. The smallest absolute Gasteiger partial charge is 0.329 e. The molecule has 8 nitrogen and oxygen atoms in total. The zero-order valence-electron chi connectivity index (χ0n) is 13.9. The molecule has 0 fully saturated rings. The number of anilines is 1. The van der Waals surface area contributed by atoms with Gasteiger partial charge < -0.3 is 15.2 Å². The van der Waals surface area contributed by atoms with Crippen molar-refractivity contribution in [1.29, 1.82) is 5.26 Å². The first kappa shape index (κ1) is 18.5. The van der Waals surface area contributed by atoms with Crippen LogP contribution in [0.2, 0.25) is 0 Å². The number of para-hydroxylation sites is 1. The molecule has 0 aliphatic carbocycles. The Bertz CT molecular complexity index is 870. The van der Waals surface area contributed by atoms with Gasteiger partial charge in [-0.2, -0.15) is 10.4 Å². The molecule has 3 N–H and O–H groups in total. The van der Waals surface area contributed by atoms with Crippen LogP contribution in [0.4, 0.5) is 5.69 Å². The zero-order valence-corrected chi connectivity index (χ0v) is 13.9. The van der Waals surface area contributed by atoms with Gasteiger partial charge in [0.2, 0.25) is 0 Å². The Morgan fingerprint density at radius 2 is 1.96 bits per heavy atom. The van der Waals surface area contributed by atoms with Crippen molar-refractivity contribution in [2.75, 3.05) is 12.4 Å². The number of hydrogen-bond donors (Lipinski definition) is 3. The Balaban J connectivity index is 1.93. The van der Waals surface area contributed by atoms with Gasteiger partial charge in [0.15, 0.2) is 11.5 Å². The fourth-order valence-corrected chi connectivity index (χ4v) is 2.00. The standard InChI is InChI=1S/C18H16N4O4/c1-26-15-4-2-3-13(16(15)23)11-20-22-18(25)17(24)21-14-7-5-12(6-8-14)9-10-19/h2-8,11,23H,9H2,1H3,(H,21,24)(H,22,25). The van der Waals surface area contributed by atoms with Gasteiger partial charge in [-0.3, -0.25) is 9.59 Å². The predicted molar refractivity (Wildman–Crippen MR) is 94.8 cm³/mol. The van der Waals surface area contributed by atoms with E-state index in [2.05, 4.69) is 15.8 Å². The molecule has 132 valence electrons. The second kappa shape index (κ2) is 8.84. The van der Waals surface area contributed by atoms with E-state index in [1.165, 1.54) is 13.3 Å². The highest BCUT2D eigenvalue weighted by molar-refractivity contribution is 6.39. The highest BCUT2D eigenvalue weighted by Gasteiger charge is 2.13. The van der Waals surface area contributed by atoms with Gasteiger partial charge in [0.25, 0.3) is 0 Å². The van der Waals surface area contributed by atoms with E-state index in [1.54, 1.807) is 42.5 Å². The maximum absolute atomic E-state index is 11.8. The van der Waals surface area contributed by atoms with Crippen LogP contribution < -0.4 is 15.5 Å². The first-order chi connectivity index (χ1) is 12.5. The van der Waals surface area contributed by atoms with E-state index in [4.69, 9.17) is 10.00 Å². The van der Waals surface area contributed by atoms with Crippen LogP contribution in [0.1, 0.15) is 11.1 Å². The number of hydrazone groups is 1. The number of ether oxygens (including phenoxy) is 1. The molecule has 0 saturated heterocycles. The molecule has 0 bridgehead atoms. The molecule has 0 aromatic heterocycles. The second-order valence-corrected chi connectivity index (χ2v) is 5.08. The van der Waals surface area contributed by atoms with E-state index in [1.807, 2.05) is 6.07 Å². The van der Waals surface area contributed by atoms with Crippen molar-refractivity contribution in [2.45, 2.75) is 6.42 Å². The van der Waals surface area contributed by atoms with Crippen molar-refractivity contribution < 1.29 is 19.4 Å². The fraction of sp³-hybridized carbons (Fsp3) is 0.111. The van der Waals surface area contributed by atoms with Crippen LogP contribution >= 0.6 is 0 Å². The number of nitrogens with zero attached hydrogens (tertiary/aromatic N) is 2. The summed E-state index contributed by atoms with van der Waals surface area (Å²) in [5.74, 6) is -1.73. The van der Waals surface area contributed by atoms with E-state index in [0.717, 1.165) is 5.56 Å². The summed E-state index contributed by atoms with van der Waals surface area (Å²) in [7, 11) is 1.41. The van der Waals surface area contributed by atoms with Crippen molar-refractivity contribution >= 4 is 23.7 Å². The van der Waals surface area contributed by atoms with Gasteiger partial charge in [-0.15, -0.1) is 0 Å². The molecule has 0 heterocycles. The van der Waals surface area contributed by atoms with Gasteiger partial charge in [-0.05, 0) is 29.8 Å². The average molecular weight is 352 g/mol. The lowest BCUT2D eigenvalue weighted by atomic mass is 10.1. The number of carbonyl (C=O) groups is 2. The molecule has 0 atom stereocenters. The maximum atomic E-state index is 11.8. The number of rotatable bonds is 5. The normalized spacial score (nSPS) is 10.2. The molecule has 2 aromatic carbocycles. The number of phenolic OH excluding ortho intramolecular Hbond substituents is 1. The molecule has 0 aliphatic heterocycles. The number of phenols is 1. The average Bonchev–Trinajstić information content (AvgIpc) is 2.64. The molecule has 2 amide bonds. The molecule has 0 saturated carbocycles. The van der Waals surface area contributed by atoms with Crippen molar-refractivity contribution in [2.24, 2.45) is 5.10 Å². The molecule has 0 spiro atoms. The summed E-state index contributed by atoms with van der Waals surface area (Å²) in [6.45, 7) is 0. The molecule has 8 heteroatoms. The summed E-state index contributed by atoms with van der Waals surface area (Å²) >= 11 is 0. The van der Waals surface area contributed by atoms with E-state index in [0.29, 0.717) is 11.3 Å². The third-order valence-corrected chi connectivity index (χ3v) is 3.32. The Kier molecular flexibility index (Phi) is 6.28. The Hall–Kier alpha value is -3.86. The predicted octanol–water partition coefficient (Wildman–Crippen LogP) is 1.56. The molecule has 0 unspecified atom stereocenters. The fourth-order valence-electron chi connectivity index (χ4n) is 2.00. The van der Waals surface area contributed by atoms with Gasteiger partial charge in [0.1, 0.15) is 0 Å². The summed E-state index contributed by atoms with van der Waals surface area (Å²) < 4.78 is 4.96. The van der Waals surface area contributed by atoms with Crippen LogP contribution in [-0.2, 0) is 16.0 Å². The summed E-state index contributed by atoms with van der Waals surface area (Å²) in [5, 5.41) is 24.6. The lowest BCUT2D eigenvalue weighted by Crippen LogP contribution is -2.32. The summed E-state index contributed by atoms with van der Waals surface area (Å²) in [4.78, 5) is 23.6. The Labute approximate surface area is 149 Å². The number of carbonyl (C=O) groups excluding carboxylic acids is 2. The third kappa shape index (κ3) is 4.82. The first-order valence-electron chi connectivity index (χ1n) is 7.51. The van der Waals surface area contributed by atoms with E-state index in [-0.39, 0.29) is 17.9 Å². The monoisotopic (exact) mass is 352 g/mol. The molecular weight excluding hydrogens is 336 g/mol. The topological polar surface area (TPSA) is 124 Å². The van der Waals surface area contributed by atoms with Crippen LogP contribution in [-0.4, -0.2) is 30.2 Å². The van der Waals surface area contributed by atoms with Crippen LogP contribution in [0, 0.1) is 11.3 Å². The molecule has 26 heavy (non-hydrogen) atoms. The van der Waals surface area contributed by atoms with Crippen molar-refractivity contribution in [3.63, 3.8) is 0 Å². The first-order valence-corrected chi connectivity index (χ1v) is 7.51. The minimum atomic E-state index is -0.968. The zero-order chi connectivity index (χ0) is 18.9. The van der Waals surface area contributed by atoms with Crippen molar-refractivity contribution in [1.82, 2.24) is 5.43 Å². The quantitative estimate of drug-likeness (QED) is 0.428. The van der Waals surface area contributed by atoms with Crippen LogP contribution in [0.3, 0.4) is 0 Å². The van der Waals surface area contributed by atoms with Crippen molar-refractivity contribution in [3.8, 4) is 17.6 Å². The Morgan fingerprint density at radius 3 is 2.62 bits per heavy atom. The van der Waals surface area contributed by atoms with Gasteiger partial charge >= 0.3 is 11.8 Å². The van der Waals surface area contributed by atoms with E-state index < -0.39 is 11.8 Å². The second-order valence-electron chi connectivity index (χ2n) is 5.08. The van der Waals surface area contributed by atoms with Gasteiger partial charge in [-0.1, -0.05) is 18.2 Å². The van der Waals surface area contributed by atoms with Crippen LogP contribution in [0.25, 0.3) is 0 Å². The van der Waals surface area contributed by atoms with Crippen molar-refractivity contribution in [3.05, 3.63) is 53.6 Å². The van der Waals surface area contributed by atoms with Crippen LogP contribution in [0.5, 0.6) is 11.5 Å². The number of amides is 2. The number of nitrogens with one attached hydrogen (secondary N) is 2. The largest absolute Gasteiger partial charge is 0.504 e. The number of hydrogen-bond acceptors (Lipinski definition) is 6. The highest BCUT2D eigenvalue weighted by Crippen LogP contribution is 2.27. The van der Waals surface area contributed by atoms with Gasteiger partial charge in [-0.25, -0.2) is 5.43 Å². The lowest BCUT2D eigenvalue weighted by Gasteiger charge is -2.05. The number of methoxy groups -OCH3 is 1. The number of nitriles is 1. The molecular formula is C18H16N4O4. The molecule has 2 aromatic rings. The maximum Gasteiger partial charge on any atom is 0.329 e. The minimum absolute atomic E-state index is 0.130.